The average molecular weight is 911 g/mol. The Balaban J connectivity index is 2.41. The van der Waals surface area contributed by atoms with Crippen LogP contribution in [0.2, 0.25) is 0 Å². The number of hydrogen-bond donors (Lipinski definition) is 4. The molecule has 4 N–H and O–H groups in total. The standard InChI is InChI=1S/C27H57NO9P12/c1-12-15(35-23(31)19(36-44-38)14(3)28-8)11-27(33)13(2)21-25(6,16(29)10-17(34-9)26(21,7)32)22(30)20(18(12)24(27,4)5)37-46(47(40)41)49(45-39)48(42)43/h13-17,19-21,28-29,32-33,44-45H,10-11,38-43H2,1-9H3/t13?,14?,15?,16?,17?,19?,20?,21?,25-,26?,27?,46?,49?/m1/s1. The van der Waals surface area contributed by atoms with Crippen molar-refractivity contribution in [2.75, 3.05) is 14.2 Å². The summed E-state index contributed by atoms with van der Waals surface area (Å²) in [6.45, 7) is 10.7. The van der Waals surface area contributed by atoms with Crippen molar-refractivity contribution < 1.29 is 43.4 Å². The van der Waals surface area contributed by atoms with Crippen molar-refractivity contribution in [3.63, 3.8) is 0 Å². The van der Waals surface area contributed by atoms with Crippen molar-refractivity contribution in [2.24, 2.45) is 22.7 Å². The topological polar surface area (TPSA) is 144 Å². The lowest BCUT2D eigenvalue weighted by Crippen LogP contribution is -2.74. The van der Waals surface area contributed by atoms with Crippen LogP contribution < -0.4 is 5.32 Å². The summed E-state index contributed by atoms with van der Waals surface area (Å²) in [5.74, 6) is -2.63. The molecule has 2 bridgehead atoms. The monoisotopic (exact) mass is 911 g/mol. The fourth-order valence-corrected chi connectivity index (χ4v) is 75.4. The summed E-state index contributed by atoms with van der Waals surface area (Å²) in [7, 11) is 19.6. The Bertz CT molecular complexity index is 1250. The highest BCUT2D eigenvalue weighted by atomic mass is 33.1. The van der Waals surface area contributed by atoms with Crippen molar-refractivity contribution >= 4 is 110 Å². The number of Topliss-reactive ketones (excluding diaryl/α,β-unsaturated/α-hetero) is 1. The number of aliphatic hydroxyl groups excluding tert-OH is 1. The molecule has 3 aliphatic carbocycles. The number of esters is 1. The zero-order chi connectivity index (χ0) is 37.6. The molecule has 0 saturated heterocycles. The van der Waals surface area contributed by atoms with E-state index in [0.717, 1.165) is 0 Å². The van der Waals surface area contributed by atoms with E-state index in [4.69, 9.17) is 18.5 Å². The lowest BCUT2D eigenvalue weighted by molar-refractivity contribution is -0.259. The SMILES string of the molecule is CNC(C)C(OPP)C(=O)OC1CC2(O)C(C)C3C(C)(O)C(OC)CC(O)[C@@]3(C)C(=O)C(OP(P(P)P)P(PP)P(P)P)C(=C1C)C2(C)C. The number of rotatable bonds is 13. The highest BCUT2D eigenvalue weighted by Gasteiger charge is 2.71. The second-order valence-electron chi connectivity index (χ2n) is 14.0. The molecule has 0 aliphatic heterocycles. The van der Waals surface area contributed by atoms with Crippen LogP contribution >= 0.6 is 98.5 Å². The first-order chi connectivity index (χ1) is 22.6. The van der Waals surface area contributed by atoms with Crippen molar-refractivity contribution in [1.82, 2.24) is 5.32 Å². The van der Waals surface area contributed by atoms with E-state index < -0.39 is 98.8 Å². The molecule has 20 unspecified atom stereocenters. The lowest BCUT2D eigenvalue weighted by atomic mass is 9.43. The summed E-state index contributed by atoms with van der Waals surface area (Å²) in [4.78, 5) is 29.3. The van der Waals surface area contributed by atoms with Crippen molar-refractivity contribution in [2.45, 2.75) is 109 Å². The van der Waals surface area contributed by atoms with Gasteiger partial charge in [-0.3, -0.25) is 4.79 Å². The first-order valence-corrected chi connectivity index (χ1v) is 36.0. The first-order valence-electron chi connectivity index (χ1n) is 15.8. The molecule has 0 radical (unpaired) electrons. The summed E-state index contributed by atoms with van der Waals surface area (Å²) in [5, 5.41) is 40.7. The van der Waals surface area contributed by atoms with E-state index >= 15 is 4.79 Å². The molecule has 10 nitrogen and oxygen atoms in total. The minimum Gasteiger partial charge on any atom is -0.456 e. The Morgan fingerprint density at radius 3 is 2.16 bits per heavy atom. The maximum Gasteiger partial charge on any atom is 0.337 e. The van der Waals surface area contributed by atoms with Crippen LogP contribution in [0, 0.1) is 22.7 Å². The van der Waals surface area contributed by atoms with Crippen molar-refractivity contribution in [3.05, 3.63) is 11.1 Å². The first kappa shape index (κ1) is 47.1. The molecule has 0 aromatic rings. The van der Waals surface area contributed by atoms with Gasteiger partial charge in [0.25, 0.3) is 0 Å². The van der Waals surface area contributed by atoms with E-state index in [9.17, 15) is 20.1 Å². The maximum absolute atomic E-state index is 15.5. The van der Waals surface area contributed by atoms with E-state index in [1.165, 1.54) is 7.11 Å². The maximum atomic E-state index is 15.5. The third-order valence-corrected chi connectivity index (χ3v) is 59.3. The third-order valence-electron chi connectivity index (χ3n) is 11.3. The number of hydrogen-bond acceptors (Lipinski definition) is 10. The molecule has 0 spiro atoms. The predicted octanol–water partition coefficient (Wildman–Crippen LogP) is 7.64. The number of likely N-dealkylation sites (N-methyl/N-ethyl adjacent to an activating group) is 1. The van der Waals surface area contributed by atoms with Gasteiger partial charge in [0.15, 0.2) is 11.9 Å². The largest absolute Gasteiger partial charge is 0.456 e. The molecule has 3 aliphatic rings. The van der Waals surface area contributed by atoms with Crippen molar-refractivity contribution in [3.8, 4) is 0 Å². The van der Waals surface area contributed by atoms with Crippen LogP contribution in [0.1, 0.15) is 61.3 Å². The molecule has 2 fully saturated rings. The predicted molar refractivity (Wildman–Crippen MR) is 235 cm³/mol. The second-order valence-corrected chi connectivity index (χ2v) is 49.7. The fourth-order valence-electron chi connectivity index (χ4n) is 8.46. The summed E-state index contributed by atoms with van der Waals surface area (Å²) < 4.78 is 25.0. The molecular formula is C27H57NO9P12. The average Bonchev–Trinajstić information content (AvgIpc) is 3.01. The fraction of sp³-hybridized carbons (Fsp3) is 0.852. The molecular weight excluding hydrogens is 854 g/mol. The lowest BCUT2D eigenvalue weighted by Gasteiger charge is -2.65. The highest BCUT2D eigenvalue weighted by Crippen LogP contribution is 3.09. The zero-order valence-electron chi connectivity index (χ0n) is 29.6. The normalized spacial score (nSPS) is 39.3. The van der Waals surface area contributed by atoms with Crippen LogP contribution in [0.15, 0.2) is 11.1 Å². The summed E-state index contributed by atoms with van der Waals surface area (Å²) >= 11 is 0. The molecule has 2 saturated carbocycles. The number of ketones is 1. The molecule has 0 aromatic heterocycles. The molecule has 49 heavy (non-hydrogen) atoms. The van der Waals surface area contributed by atoms with E-state index in [2.05, 4.69) is 58.9 Å². The van der Waals surface area contributed by atoms with Gasteiger partial charge in [0.05, 0.1) is 36.4 Å². The highest BCUT2D eigenvalue weighted by molar-refractivity contribution is 9.10. The number of nitrogens with one attached hydrogen (secondary N) is 1. The van der Waals surface area contributed by atoms with Gasteiger partial charge >= 0.3 is 5.97 Å². The molecule has 0 amide bonds. The van der Waals surface area contributed by atoms with Gasteiger partial charge in [0.2, 0.25) is 0 Å². The van der Waals surface area contributed by atoms with Crippen LogP contribution in [-0.2, 0) is 28.1 Å². The summed E-state index contributed by atoms with van der Waals surface area (Å²) in [6, 6.07) is -0.350. The quantitative estimate of drug-likeness (QED) is 0.0828. The van der Waals surface area contributed by atoms with Crippen LogP contribution in [0.3, 0.4) is 0 Å². The molecule has 284 valence electrons. The van der Waals surface area contributed by atoms with Crippen LogP contribution in [0.4, 0.5) is 0 Å². The van der Waals surface area contributed by atoms with Gasteiger partial charge in [-0.05, 0) is 65.8 Å². The van der Waals surface area contributed by atoms with Gasteiger partial charge in [0.1, 0.15) is 12.2 Å². The summed E-state index contributed by atoms with van der Waals surface area (Å²) in [5.41, 5.74) is -4.59. The molecule has 21 atom stereocenters. The number of carbonyl (C=O) groups excluding carboxylic acids is 2. The Hall–Kier alpha value is 3.76. The van der Waals surface area contributed by atoms with E-state index in [-0.39, 0.29) is 33.2 Å². The van der Waals surface area contributed by atoms with Crippen LogP contribution in [0.25, 0.3) is 0 Å². The number of carbonyl (C=O) groups is 2. The van der Waals surface area contributed by atoms with E-state index in [1.54, 1.807) is 20.9 Å². The molecule has 3 rings (SSSR count). The molecule has 0 heterocycles. The number of ether oxygens (including phenoxy) is 2. The van der Waals surface area contributed by atoms with Gasteiger partial charge in [-0.15, -0.1) is 44.6 Å². The number of aliphatic hydroxyl groups is 3. The van der Waals surface area contributed by atoms with Gasteiger partial charge < -0.3 is 39.2 Å². The molecule has 22 heteroatoms. The van der Waals surface area contributed by atoms with Crippen LogP contribution in [-0.4, -0.2) is 89.0 Å². The Labute approximate surface area is 314 Å². The number of fused-ring (bicyclic) bond motifs is 3. The Morgan fingerprint density at radius 2 is 1.69 bits per heavy atom. The van der Waals surface area contributed by atoms with Crippen LogP contribution in [0.5, 0.6) is 0 Å². The minimum absolute atomic E-state index is 0.0142. The third kappa shape index (κ3) is 8.79. The molecule has 0 aromatic carbocycles. The minimum atomic E-state index is -1.62. The Morgan fingerprint density at radius 1 is 1.10 bits per heavy atom. The summed E-state index contributed by atoms with van der Waals surface area (Å²) in [6.07, 6.45) is -4.89. The Kier molecular flexibility index (Phi) is 17.9. The smallest absolute Gasteiger partial charge is 0.337 e. The van der Waals surface area contributed by atoms with E-state index in [1.807, 2.05) is 34.6 Å². The van der Waals surface area contributed by atoms with Gasteiger partial charge in [0, 0.05) is 52.8 Å². The zero-order valence-corrected chi connectivity index (χ0v) is 42.1. The second kappa shape index (κ2) is 18.6. The van der Waals surface area contributed by atoms with Gasteiger partial charge in [-0.1, -0.05) is 37.7 Å². The van der Waals surface area contributed by atoms with E-state index in [0.29, 0.717) is 19.1 Å². The van der Waals surface area contributed by atoms with Gasteiger partial charge in [-0.25, -0.2) is 4.79 Å². The number of methoxy groups -OCH3 is 1. The van der Waals surface area contributed by atoms with Gasteiger partial charge in [-0.2, -0.15) is 0 Å². The van der Waals surface area contributed by atoms with Crippen molar-refractivity contribution in [1.29, 1.82) is 0 Å².